The Balaban J connectivity index is 1.16. The number of hydrogen-bond acceptors (Lipinski definition) is 5. The summed E-state index contributed by atoms with van der Waals surface area (Å²) in [5, 5.41) is 13.2. The molecular formula is C26H31N5. The van der Waals surface area contributed by atoms with E-state index >= 15 is 0 Å². The van der Waals surface area contributed by atoms with Crippen molar-refractivity contribution >= 4 is 33.2 Å². The van der Waals surface area contributed by atoms with Crippen molar-refractivity contribution in [2.75, 3.05) is 36.8 Å². The maximum atomic E-state index is 4.47. The predicted molar refractivity (Wildman–Crippen MR) is 132 cm³/mol. The molecule has 0 bridgehead atoms. The van der Waals surface area contributed by atoms with Crippen LogP contribution in [-0.4, -0.2) is 36.1 Å². The number of anilines is 2. The molecule has 160 valence electrons. The Labute approximate surface area is 184 Å². The molecule has 2 heterocycles. The number of benzene rings is 2. The maximum absolute atomic E-state index is 4.47. The Kier molecular flexibility index (Phi) is 6.95. The first kappa shape index (κ1) is 21.1. The van der Waals surface area contributed by atoms with Gasteiger partial charge in [0.1, 0.15) is 0 Å². The second-order valence-corrected chi connectivity index (χ2v) is 7.97. The van der Waals surface area contributed by atoms with Crippen LogP contribution in [-0.2, 0) is 0 Å². The lowest BCUT2D eigenvalue weighted by molar-refractivity contribution is 0.643. The third-order valence-electron chi connectivity index (χ3n) is 5.64. The van der Waals surface area contributed by atoms with Crippen LogP contribution in [0.15, 0.2) is 60.9 Å². The molecular weight excluding hydrogens is 382 g/mol. The number of fused-ring (bicyclic) bond motifs is 2. The molecule has 0 atom stereocenters. The quantitative estimate of drug-likeness (QED) is 0.308. The minimum atomic E-state index is 0.945. The van der Waals surface area contributed by atoms with Gasteiger partial charge in [0.25, 0.3) is 0 Å². The second-order valence-electron chi connectivity index (χ2n) is 7.97. The monoisotopic (exact) mass is 413 g/mol. The van der Waals surface area contributed by atoms with Gasteiger partial charge in [0.15, 0.2) is 0 Å². The van der Waals surface area contributed by atoms with Crippen molar-refractivity contribution in [2.24, 2.45) is 0 Å². The standard InChI is InChI=1S/C26H31N5/c1-19-7-3-9-21-25(19)23(11-17-30-21)28-15-5-13-27-14-6-16-29-24-12-18-31-22-10-4-8-20(2)26(22)24/h3-4,7-12,17-18,27H,5-6,13-16H2,1-2H3,(H,28,30)(H,29,31). The van der Waals surface area contributed by atoms with Gasteiger partial charge < -0.3 is 16.0 Å². The zero-order valence-electron chi connectivity index (χ0n) is 18.4. The fourth-order valence-corrected chi connectivity index (χ4v) is 4.06. The molecule has 5 heteroatoms. The molecule has 5 nitrogen and oxygen atoms in total. The van der Waals surface area contributed by atoms with Gasteiger partial charge >= 0.3 is 0 Å². The van der Waals surface area contributed by atoms with Gasteiger partial charge in [-0.15, -0.1) is 0 Å². The first-order valence-electron chi connectivity index (χ1n) is 11.1. The zero-order valence-corrected chi connectivity index (χ0v) is 18.4. The van der Waals surface area contributed by atoms with Gasteiger partial charge in [-0.25, -0.2) is 0 Å². The van der Waals surface area contributed by atoms with Gasteiger partial charge in [0, 0.05) is 47.6 Å². The second kappa shape index (κ2) is 10.2. The average Bonchev–Trinajstić information content (AvgIpc) is 2.78. The van der Waals surface area contributed by atoms with Crippen LogP contribution in [0.4, 0.5) is 11.4 Å². The molecule has 0 saturated heterocycles. The van der Waals surface area contributed by atoms with Crippen molar-refractivity contribution < 1.29 is 0 Å². The minimum absolute atomic E-state index is 0.945. The number of hydrogen-bond donors (Lipinski definition) is 3. The Morgan fingerprint density at radius 1 is 0.613 bits per heavy atom. The number of nitrogens with zero attached hydrogens (tertiary/aromatic N) is 2. The van der Waals surface area contributed by atoms with E-state index in [2.05, 4.69) is 88.3 Å². The van der Waals surface area contributed by atoms with Crippen LogP contribution in [0, 0.1) is 13.8 Å². The summed E-state index contributed by atoms with van der Waals surface area (Å²) in [6, 6.07) is 16.7. The van der Waals surface area contributed by atoms with Crippen molar-refractivity contribution in [2.45, 2.75) is 26.7 Å². The summed E-state index contributed by atoms with van der Waals surface area (Å²) in [6.45, 7) is 8.18. The van der Waals surface area contributed by atoms with Crippen LogP contribution in [0.5, 0.6) is 0 Å². The summed E-state index contributed by atoms with van der Waals surface area (Å²) >= 11 is 0. The van der Waals surface area contributed by atoms with E-state index in [9.17, 15) is 0 Å². The highest BCUT2D eigenvalue weighted by Gasteiger charge is 2.05. The fourth-order valence-electron chi connectivity index (χ4n) is 4.06. The number of pyridine rings is 2. The molecule has 0 aliphatic heterocycles. The SMILES string of the molecule is Cc1cccc2nccc(NCCCNCCCNc3ccnc4cccc(C)c34)c12. The van der Waals surface area contributed by atoms with E-state index < -0.39 is 0 Å². The van der Waals surface area contributed by atoms with Crippen molar-refractivity contribution in [1.29, 1.82) is 0 Å². The molecule has 2 aromatic carbocycles. The highest BCUT2D eigenvalue weighted by atomic mass is 14.9. The molecule has 4 rings (SSSR count). The molecule has 31 heavy (non-hydrogen) atoms. The lowest BCUT2D eigenvalue weighted by Gasteiger charge is -2.12. The van der Waals surface area contributed by atoms with E-state index in [1.54, 1.807) is 0 Å². The lowest BCUT2D eigenvalue weighted by Crippen LogP contribution is -2.21. The van der Waals surface area contributed by atoms with Crippen molar-refractivity contribution in [3.63, 3.8) is 0 Å². The van der Waals surface area contributed by atoms with E-state index in [1.165, 1.54) is 33.3 Å². The van der Waals surface area contributed by atoms with Gasteiger partial charge in [0.05, 0.1) is 11.0 Å². The molecule has 0 unspecified atom stereocenters. The Morgan fingerprint density at radius 3 is 1.58 bits per heavy atom. The summed E-state index contributed by atoms with van der Waals surface area (Å²) in [7, 11) is 0. The topological polar surface area (TPSA) is 61.9 Å². The smallest absolute Gasteiger partial charge is 0.0725 e. The summed E-state index contributed by atoms with van der Waals surface area (Å²) in [6.07, 6.45) is 5.92. The van der Waals surface area contributed by atoms with E-state index in [-0.39, 0.29) is 0 Å². The molecule has 0 fully saturated rings. The summed E-state index contributed by atoms with van der Waals surface area (Å²) in [4.78, 5) is 8.94. The average molecular weight is 414 g/mol. The van der Waals surface area contributed by atoms with Crippen LogP contribution >= 0.6 is 0 Å². The molecule has 4 aromatic rings. The van der Waals surface area contributed by atoms with E-state index in [0.29, 0.717) is 0 Å². The van der Waals surface area contributed by atoms with Crippen LogP contribution in [0.1, 0.15) is 24.0 Å². The number of aryl methyl sites for hydroxylation is 2. The summed E-state index contributed by atoms with van der Waals surface area (Å²) in [5.41, 5.74) is 6.96. The molecule has 0 amide bonds. The number of rotatable bonds is 10. The molecule has 3 N–H and O–H groups in total. The third kappa shape index (κ3) is 5.12. The van der Waals surface area contributed by atoms with Gasteiger partial charge in [0.2, 0.25) is 0 Å². The van der Waals surface area contributed by atoms with Crippen molar-refractivity contribution in [1.82, 2.24) is 15.3 Å². The van der Waals surface area contributed by atoms with Gasteiger partial charge in [-0.05, 0) is 75.2 Å². The molecule has 0 radical (unpaired) electrons. The van der Waals surface area contributed by atoms with E-state index in [0.717, 1.165) is 50.1 Å². The van der Waals surface area contributed by atoms with Crippen LogP contribution < -0.4 is 16.0 Å². The third-order valence-corrected chi connectivity index (χ3v) is 5.64. The molecule has 2 aromatic heterocycles. The highest BCUT2D eigenvalue weighted by molar-refractivity contribution is 5.94. The summed E-state index contributed by atoms with van der Waals surface area (Å²) < 4.78 is 0. The normalized spacial score (nSPS) is 11.2. The van der Waals surface area contributed by atoms with Gasteiger partial charge in [-0.3, -0.25) is 9.97 Å². The fraction of sp³-hybridized carbons (Fsp3) is 0.308. The van der Waals surface area contributed by atoms with Gasteiger partial charge in [-0.2, -0.15) is 0 Å². The minimum Gasteiger partial charge on any atom is -0.384 e. The van der Waals surface area contributed by atoms with E-state index in [4.69, 9.17) is 0 Å². The van der Waals surface area contributed by atoms with Crippen LogP contribution in [0.25, 0.3) is 21.8 Å². The van der Waals surface area contributed by atoms with Crippen LogP contribution in [0.3, 0.4) is 0 Å². The highest BCUT2D eigenvalue weighted by Crippen LogP contribution is 2.25. The number of aromatic nitrogens is 2. The van der Waals surface area contributed by atoms with Gasteiger partial charge in [-0.1, -0.05) is 24.3 Å². The lowest BCUT2D eigenvalue weighted by atomic mass is 10.1. The zero-order chi connectivity index (χ0) is 21.5. The summed E-state index contributed by atoms with van der Waals surface area (Å²) in [5.74, 6) is 0. The first-order chi connectivity index (χ1) is 15.2. The molecule has 0 spiro atoms. The largest absolute Gasteiger partial charge is 0.384 e. The van der Waals surface area contributed by atoms with Crippen molar-refractivity contribution in [3.05, 3.63) is 72.1 Å². The Bertz CT molecular complexity index is 1050. The molecule has 0 aliphatic carbocycles. The Hall–Kier alpha value is -3.18. The van der Waals surface area contributed by atoms with Crippen molar-refractivity contribution in [3.8, 4) is 0 Å². The number of nitrogens with one attached hydrogen (secondary N) is 3. The Morgan fingerprint density at radius 2 is 1.10 bits per heavy atom. The van der Waals surface area contributed by atoms with Crippen LogP contribution in [0.2, 0.25) is 0 Å². The predicted octanol–water partition coefficient (Wildman–Crippen LogP) is 5.29. The first-order valence-corrected chi connectivity index (χ1v) is 11.1. The maximum Gasteiger partial charge on any atom is 0.0725 e. The van der Waals surface area contributed by atoms with E-state index in [1.807, 2.05) is 12.4 Å². The molecule has 0 aliphatic rings. The molecule has 0 saturated carbocycles.